The van der Waals surface area contributed by atoms with Crippen LogP contribution in [0, 0.1) is 31.6 Å². The Hall–Kier alpha value is -5.03. The van der Waals surface area contributed by atoms with Crippen molar-refractivity contribution in [1.82, 2.24) is 14.7 Å². The van der Waals surface area contributed by atoms with Gasteiger partial charge in [0.05, 0.1) is 7.11 Å². The van der Waals surface area contributed by atoms with Gasteiger partial charge in [0.15, 0.2) is 11.9 Å². The maximum atomic E-state index is 14.6. The van der Waals surface area contributed by atoms with Crippen LogP contribution in [0.15, 0.2) is 72.8 Å². The predicted molar refractivity (Wildman–Crippen MR) is 221 cm³/mol. The molecule has 11 nitrogen and oxygen atoms in total. The summed E-state index contributed by atoms with van der Waals surface area (Å²) in [7, 11) is 7.92. The molecule has 3 aromatic rings. The van der Waals surface area contributed by atoms with Gasteiger partial charge in [-0.1, -0.05) is 99.5 Å². The van der Waals surface area contributed by atoms with E-state index in [0.717, 1.165) is 22.3 Å². The van der Waals surface area contributed by atoms with E-state index in [-0.39, 0.29) is 42.6 Å². The van der Waals surface area contributed by atoms with Crippen LogP contribution >= 0.6 is 0 Å². The number of phenolic OH excluding ortho intramolecular Hbond substituents is 1. The molecule has 0 fully saturated rings. The molecular weight excluding hydrogens is 723 g/mol. The number of esters is 2. The van der Waals surface area contributed by atoms with Crippen molar-refractivity contribution >= 4 is 29.5 Å². The van der Waals surface area contributed by atoms with Crippen LogP contribution in [0.25, 0.3) is 0 Å². The van der Waals surface area contributed by atoms with Gasteiger partial charge in [0, 0.05) is 45.2 Å². The van der Waals surface area contributed by atoms with Crippen LogP contribution < -0.4 is 0 Å². The highest BCUT2D eigenvalue weighted by atomic mass is 16.5. The number of amides is 2. The topological polar surface area (TPSA) is 134 Å². The number of carbonyl (C=O) groups is 5. The Morgan fingerprint density at radius 2 is 1.07 bits per heavy atom. The number of ketones is 1. The van der Waals surface area contributed by atoms with Crippen LogP contribution in [0.1, 0.15) is 68.4 Å². The Labute approximate surface area is 339 Å². The molecule has 6 atom stereocenters. The molecule has 11 heteroatoms. The number of phenols is 1. The normalized spacial score (nSPS) is 14.5. The quantitative estimate of drug-likeness (QED) is 0.137. The number of ether oxygens (including phenoxy) is 2. The third-order valence-electron chi connectivity index (χ3n) is 11.0. The van der Waals surface area contributed by atoms with Crippen molar-refractivity contribution in [2.45, 2.75) is 97.9 Å². The lowest BCUT2D eigenvalue weighted by molar-refractivity contribution is -0.163. The molecule has 3 aromatic carbocycles. The van der Waals surface area contributed by atoms with E-state index in [2.05, 4.69) is 0 Å². The van der Waals surface area contributed by atoms with Crippen molar-refractivity contribution in [2.24, 2.45) is 17.8 Å². The average molecular weight is 786 g/mol. The van der Waals surface area contributed by atoms with Gasteiger partial charge in [-0.2, -0.15) is 0 Å². The summed E-state index contributed by atoms with van der Waals surface area (Å²) in [5.41, 5.74) is 4.63. The Balaban J connectivity index is 1.93. The number of carbonyl (C=O) groups excluding carboxylic acids is 5. The SMILES string of the molecule is CC[C@H](C)[C@@H](OC(=O)[C@@H](Cc1ccc(C)cc1)N(C)C)C(=O)C[C@@H](C(=O)N(C)[C@H](Cc1ccc(O)cc1)C(=O)N(C)[C@@H](Cc1ccc(C)cc1)C(=O)OC)C(C)C. The fourth-order valence-electron chi connectivity index (χ4n) is 6.79. The second-order valence-corrected chi connectivity index (χ2v) is 15.9. The molecule has 0 aliphatic heterocycles. The second kappa shape index (κ2) is 21.5. The van der Waals surface area contributed by atoms with E-state index in [1.807, 2.05) is 90.1 Å². The van der Waals surface area contributed by atoms with E-state index in [9.17, 15) is 29.1 Å². The molecule has 310 valence electrons. The molecule has 0 aliphatic carbocycles. The van der Waals surface area contributed by atoms with Crippen LogP contribution in [-0.2, 0) is 52.7 Å². The van der Waals surface area contributed by atoms with Crippen molar-refractivity contribution < 1.29 is 38.6 Å². The number of benzene rings is 3. The second-order valence-electron chi connectivity index (χ2n) is 15.9. The maximum absolute atomic E-state index is 14.6. The zero-order chi connectivity index (χ0) is 42.6. The summed E-state index contributed by atoms with van der Waals surface area (Å²) in [6.07, 6.45) is -0.0562. The van der Waals surface area contributed by atoms with Gasteiger partial charge in [-0.05, 0) is 75.5 Å². The largest absolute Gasteiger partial charge is 0.508 e. The molecule has 0 unspecified atom stereocenters. The molecule has 2 amide bonds. The Morgan fingerprint density at radius 1 is 0.632 bits per heavy atom. The van der Waals surface area contributed by atoms with Gasteiger partial charge >= 0.3 is 11.9 Å². The lowest BCUT2D eigenvalue weighted by Gasteiger charge is -2.36. The average Bonchev–Trinajstić information content (AvgIpc) is 3.19. The molecule has 0 saturated heterocycles. The third-order valence-corrected chi connectivity index (χ3v) is 11.0. The van der Waals surface area contributed by atoms with Crippen LogP contribution in [-0.4, -0.2) is 109 Å². The number of aromatic hydroxyl groups is 1. The summed E-state index contributed by atoms with van der Waals surface area (Å²) in [5.74, 6) is -3.85. The first kappa shape index (κ1) is 46.4. The van der Waals surface area contributed by atoms with E-state index in [1.54, 1.807) is 31.1 Å². The first-order chi connectivity index (χ1) is 26.9. The summed E-state index contributed by atoms with van der Waals surface area (Å²) in [6.45, 7) is 11.4. The standard InChI is InChI=1S/C46H63N3O8/c1-12-32(6)42(57-46(55)39(47(7)8)26-33-17-13-30(4)14-18-33)41(51)28-37(29(2)3)43(52)48(9)38(25-35-21-23-36(50)24-22-35)44(53)49(10)40(45(54)56-11)27-34-19-15-31(5)16-20-34/h13-24,29,32,37-40,42,50H,12,25-28H2,1-11H3/t32-,37+,38+,39+,40-,42+/m0/s1. The zero-order valence-corrected chi connectivity index (χ0v) is 35.7. The smallest absolute Gasteiger partial charge is 0.328 e. The van der Waals surface area contributed by atoms with Gasteiger partial charge < -0.3 is 24.4 Å². The minimum Gasteiger partial charge on any atom is -0.508 e. The van der Waals surface area contributed by atoms with E-state index in [4.69, 9.17) is 9.47 Å². The number of methoxy groups -OCH3 is 1. The molecule has 0 aromatic heterocycles. The fourth-order valence-corrected chi connectivity index (χ4v) is 6.79. The van der Waals surface area contributed by atoms with Crippen LogP contribution in [0.5, 0.6) is 5.75 Å². The summed E-state index contributed by atoms with van der Waals surface area (Å²) in [5, 5.41) is 9.95. The first-order valence-electron chi connectivity index (χ1n) is 19.8. The van der Waals surface area contributed by atoms with Crippen LogP contribution in [0.4, 0.5) is 0 Å². The number of Topliss-reactive ketones (excluding diaryl/α,β-unsaturated/α-hetero) is 1. The summed E-state index contributed by atoms with van der Waals surface area (Å²) >= 11 is 0. The molecule has 0 heterocycles. The summed E-state index contributed by atoms with van der Waals surface area (Å²) in [4.78, 5) is 74.7. The number of aryl methyl sites for hydroxylation is 2. The minimum atomic E-state index is -1.08. The molecule has 0 saturated carbocycles. The third kappa shape index (κ3) is 13.0. The van der Waals surface area contributed by atoms with Gasteiger partial charge in [-0.15, -0.1) is 0 Å². The fraction of sp³-hybridized carbons (Fsp3) is 0.500. The number of hydrogen-bond acceptors (Lipinski definition) is 9. The Kier molecular flexibility index (Phi) is 17.5. The van der Waals surface area contributed by atoms with E-state index in [0.29, 0.717) is 18.4 Å². The number of nitrogens with zero attached hydrogens (tertiary/aromatic N) is 3. The molecule has 3 rings (SSSR count). The van der Waals surface area contributed by atoms with E-state index < -0.39 is 53.9 Å². The van der Waals surface area contributed by atoms with Crippen molar-refractivity contribution in [2.75, 3.05) is 35.3 Å². The molecule has 0 spiro atoms. The molecule has 0 aliphatic rings. The predicted octanol–water partition coefficient (Wildman–Crippen LogP) is 5.98. The van der Waals surface area contributed by atoms with Crippen molar-refractivity contribution in [3.05, 3.63) is 101 Å². The van der Waals surface area contributed by atoms with Gasteiger partial charge in [-0.3, -0.25) is 24.1 Å². The Morgan fingerprint density at radius 3 is 1.51 bits per heavy atom. The molecule has 0 radical (unpaired) electrons. The number of hydrogen-bond donors (Lipinski definition) is 1. The molecular formula is C46H63N3O8. The van der Waals surface area contributed by atoms with E-state index in [1.165, 1.54) is 43.1 Å². The van der Waals surface area contributed by atoms with Gasteiger partial charge in [0.25, 0.3) is 0 Å². The van der Waals surface area contributed by atoms with Crippen molar-refractivity contribution in [3.63, 3.8) is 0 Å². The summed E-state index contributed by atoms with van der Waals surface area (Å²) < 4.78 is 11.2. The summed E-state index contributed by atoms with van der Waals surface area (Å²) in [6, 6.07) is 19.2. The van der Waals surface area contributed by atoms with Crippen molar-refractivity contribution in [1.29, 1.82) is 0 Å². The molecule has 57 heavy (non-hydrogen) atoms. The number of likely N-dealkylation sites (N-methyl/N-ethyl adjacent to an activating group) is 3. The lowest BCUT2D eigenvalue weighted by atomic mass is 9.85. The first-order valence-corrected chi connectivity index (χ1v) is 19.8. The van der Waals surface area contributed by atoms with Gasteiger partial charge in [-0.25, -0.2) is 4.79 Å². The van der Waals surface area contributed by atoms with Gasteiger partial charge in [0.2, 0.25) is 11.8 Å². The van der Waals surface area contributed by atoms with Crippen molar-refractivity contribution in [3.8, 4) is 5.75 Å². The highest BCUT2D eigenvalue weighted by molar-refractivity contribution is 5.94. The highest BCUT2D eigenvalue weighted by Crippen LogP contribution is 2.26. The van der Waals surface area contributed by atoms with Crippen LogP contribution in [0.2, 0.25) is 0 Å². The molecule has 1 N–H and O–H groups in total. The van der Waals surface area contributed by atoms with E-state index >= 15 is 0 Å². The van der Waals surface area contributed by atoms with Gasteiger partial charge in [0.1, 0.15) is 23.9 Å². The Bertz CT molecular complexity index is 1790. The monoisotopic (exact) mass is 785 g/mol. The lowest BCUT2D eigenvalue weighted by Crippen LogP contribution is -2.55. The maximum Gasteiger partial charge on any atom is 0.328 e. The highest BCUT2D eigenvalue weighted by Gasteiger charge is 2.40. The zero-order valence-electron chi connectivity index (χ0n) is 35.7. The van der Waals surface area contributed by atoms with Crippen LogP contribution in [0.3, 0.4) is 0 Å². The minimum absolute atomic E-state index is 0.0500. The number of rotatable bonds is 20. The molecule has 0 bridgehead atoms.